The number of aliphatic imine (C=N–C) groups is 1. The molecule has 1 N–H and O–H groups in total. The maximum Gasteiger partial charge on any atom is 3.00 e. The van der Waals surface area contributed by atoms with E-state index in [2.05, 4.69) is 4.99 Å². The molecule has 0 fully saturated rings. The van der Waals surface area contributed by atoms with Crippen LogP contribution in [0.25, 0.3) is 0 Å². The van der Waals surface area contributed by atoms with Crippen LogP contribution in [0.2, 0.25) is 0 Å². The molecule has 0 spiro atoms. The van der Waals surface area contributed by atoms with Gasteiger partial charge in [-0.25, -0.2) is 26.9 Å². The number of hydrogen-bond donors (Lipinski definition) is 1. The van der Waals surface area contributed by atoms with Crippen LogP contribution in [0.1, 0.15) is 29.5 Å². The molecule has 0 aliphatic rings. The van der Waals surface area contributed by atoms with Crippen molar-refractivity contribution in [3.05, 3.63) is 94.3 Å². The second-order valence-corrected chi connectivity index (χ2v) is 6.09. The van der Waals surface area contributed by atoms with Gasteiger partial charge in [-0.15, -0.1) is 0 Å². The van der Waals surface area contributed by atoms with E-state index in [1.165, 1.54) is 6.07 Å². The number of halogens is 7. The molecule has 0 amide bonds. The van der Waals surface area contributed by atoms with E-state index >= 15 is 0 Å². The largest absolute Gasteiger partial charge is 3.00 e. The Hall–Kier alpha value is -1.93. The Kier molecular flexibility index (Phi) is 11.4. The van der Waals surface area contributed by atoms with Gasteiger partial charge in [-0.2, -0.15) is 0 Å². The Morgan fingerprint density at radius 3 is 1.84 bits per heavy atom. The summed E-state index contributed by atoms with van der Waals surface area (Å²) in [5.74, 6) is -10.9. The van der Waals surface area contributed by atoms with Crippen LogP contribution in [0, 0.1) is 29.1 Å². The van der Waals surface area contributed by atoms with Crippen molar-refractivity contribution in [3.8, 4) is 5.75 Å². The van der Waals surface area contributed by atoms with Gasteiger partial charge < -0.3 is 29.9 Å². The van der Waals surface area contributed by atoms with Gasteiger partial charge in [-0.05, 0) is 11.6 Å². The van der Waals surface area contributed by atoms with Crippen molar-refractivity contribution >= 4 is 11.9 Å². The minimum absolute atomic E-state index is 0. The van der Waals surface area contributed by atoms with Crippen LogP contribution in [0.3, 0.4) is 0 Å². The van der Waals surface area contributed by atoms with E-state index in [1.807, 2.05) is 37.3 Å². The Balaban J connectivity index is 0.00000300. The summed E-state index contributed by atoms with van der Waals surface area (Å²) >= 11 is 0. The van der Waals surface area contributed by atoms with E-state index in [9.17, 15) is 27.1 Å². The first-order valence-corrected chi connectivity index (χ1v) is 8.25. The average molecular weight is 510 g/mol. The number of hydrogen-bond acceptors (Lipinski definition) is 2. The van der Waals surface area contributed by atoms with Crippen LogP contribution in [-0.4, -0.2) is 11.3 Å². The summed E-state index contributed by atoms with van der Waals surface area (Å²) in [5.41, 5.74) is 0.195. The fraction of sp³-hybridized carbons (Fsp3) is 0.0952. The molecule has 0 aromatic heterocycles. The molecule has 31 heavy (non-hydrogen) atoms. The first kappa shape index (κ1) is 29.1. The molecule has 0 heterocycles. The van der Waals surface area contributed by atoms with Crippen LogP contribution in [0.5, 0.6) is 5.75 Å². The van der Waals surface area contributed by atoms with Gasteiger partial charge >= 0.3 is 21.7 Å². The number of phenolic OH excluding ortho intramolecular Hbond substituents is 1. The van der Waals surface area contributed by atoms with Crippen molar-refractivity contribution in [2.75, 3.05) is 0 Å². The first-order chi connectivity index (χ1) is 13.3. The Bertz CT molecular complexity index is 1040. The van der Waals surface area contributed by atoms with Crippen LogP contribution in [0.15, 0.2) is 53.5 Å². The second-order valence-electron chi connectivity index (χ2n) is 6.09. The van der Waals surface area contributed by atoms with Gasteiger partial charge in [0, 0.05) is 23.3 Å². The van der Waals surface area contributed by atoms with Crippen LogP contribution < -0.4 is 24.8 Å². The summed E-state index contributed by atoms with van der Waals surface area (Å²) in [6, 6.07) is 14.0. The zero-order valence-corrected chi connectivity index (χ0v) is 18.9. The molecule has 10 heteroatoms. The molecule has 3 aromatic carbocycles. The molecule has 0 aliphatic carbocycles. The van der Waals surface area contributed by atoms with E-state index in [1.54, 1.807) is 12.1 Å². The second kappa shape index (κ2) is 12.2. The molecule has 0 saturated carbocycles. The van der Waals surface area contributed by atoms with E-state index in [4.69, 9.17) is 0 Å². The molecule has 1 unspecified atom stereocenters. The summed E-state index contributed by atoms with van der Waals surface area (Å²) in [4.78, 5) is 3.39. The Morgan fingerprint density at radius 1 is 0.774 bits per heavy atom. The average Bonchev–Trinajstić information content (AvgIpc) is 2.72. The van der Waals surface area contributed by atoms with E-state index in [0.717, 1.165) is 11.8 Å². The Morgan fingerprint density at radius 2 is 1.29 bits per heavy atom. The molecule has 2 nitrogen and oxygen atoms in total. The molecule has 3 rings (SSSR count). The molecule has 1 radical (unpaired) electrons. The van der Waals surface area contributed by atoms with Gasteiger partial charge in [0.15, 0.2) is 23.3 Å². The molecule has 1 atom stereocenters. The van der Waals surface area contributed by atoms with Gasteiger partial charge in [0.05, 0.1) is 0 Å². The smallest absolute Gasteiger partial charge is 1.00 e. The zero-order valence-electron chi connectivity index (χ0n) is 15.8. The van der Waals surface area contributed by atoms with Crippen molar-refractivity contribution < 1.29 is 73.6 Å². The maximum atomic E-state index is 13.7. The minimum Gasteiger partial charge on any atom is -1.00 e. The van der Waals surface area contributed by atoms with E-state index in [0.29, 0.717) is 5.56 Å². The zero-order chi connectivity index (χ0) is 20.4. The molecular formula is C21H14Cl2F5NOTi+. The van der Waals surface area contributed by atoms with Crippen molar-refractivity contribution in [1.82, 2.24) is 0 Å². The number of phenols is 1. The number of aromatic hydroxyl groups is 1. The predicted molar refractivity (Wildman–Crippen MR) is 95.6 cm³/mol. The maximum absolute atomic E-state index is 13.7. The standard InChI is InChI=1S/C21H14F5NO.2ClH.Ti/c1-11(12-6-3-2-4-7-12)14-9-5-8-13(21(14)28)10-27-20-18(25)16(23)15(22)17(24)19(20)26;;;/h2-11,28H,1H3;2*1H;/q;;;+3/p-2. The number of para-hydroxylation sites is 1. The van der Waals surface area contributed by atoms with E-state index in [-0.39, 0.29) is 63.8 Å². The molecule has 0 aliphatic heterocycles. The topological polar surface area (TPSA) is 32.6 Å². The molecule has 3 aromatic rings. The Labute approximate surface area is 202 Å². The third-order valence-corrected chi connectivity index (χ3v) is 4.38. The van der Waals surface area contributed by atoms with Gasteiger partial charge in [0.1, 0.15) is 11.4 Å². The van der Waals surface area contributed by atoms with Crippen LogP contribution in [-0.2, 0) is 21.7 Å². The number of rotatable bonds is 4. The van der Waals surface area contributed by atoms with Gasteiger partial charge in [0.25, 0.3) is 0 Å². The van der Waals surface area contributed by atoms with Crippen molar-refractivity contribution in [2.24, 2.45) is 4.99 Å². The SMILES string of the molecule is CC(c1ccccc1)c1cccc(C=Nc2c(F)c(F)c(F)c(F)c2F)c1O.[Cl-].[Cl-].[Ti+3]. The third kappa shape index (κ3) is 5.86. The quantitative estimate of drug-likeness (QED) is 0.173. The summed E-state index contributed by atoms with van der Waals surface area (Å²) in [7, 11) is 0. The van der Waals surface area contributed by atoms with Crippen molar-refractivity contribution in [1.29, 1.82) is 0 Å². The summed E-state index contributed by atoms with van der Waals surface area (Å²) < 4.78 is 67.1. The van der Waals surface area contributed by atoms with Crippen LogP contribution >= 0.6 is 0 Å². The van der Waals surface area contributed by atoms with E-state index < -0.39 is 34.8 Å². The van der Waals surface area contributed by atoms with Gasteiger partial charge in [0.2, 0.25) is 5.82 Å². The fourth-order valence-corrected chi connectivity index (χ4v) is 2.80. The normalized spacial score (nSPS) is 11.3. The molecule has 0 bridgehead atoms. The van der Waals surface area contributed by atoms with Crippen molar-refractivity contribution in [3.63, 3.8) is 0 Å². The monoisotopic (exact) mass is 509 g/mol. The molecule has 0 saturated heterocycles. The third-order valence-electron chi connectivity index (χ3n) is 4.38. The summed E-state index contributed by atoms with van der Waals surface area (Å²) in [6.45, 7) is 1.86. The first-order valence-electron chi connectivity index (χ1n) is 8.25. The minimum atomic E-state index is -2.25. The van der Waals surface area contributed by atoms with Gasteiger partial charge in [-0.3, -0.25) is 0 Å². The molecule has 161 valence electrons. The predicted octanol–water partition coefficient (Wildman–Crippen LogP) is -0.00440. The number of benzene rings is 3. The summed E-state index contributed by atoms with van der Waals surface area (Å²) in [6.07, 6.45) is 0.856. The number of nitrogens with zero attached hydrogens (tertiary/aromatic N) is 1. The summed E-state index contributed by atoms with van der Waals surface area (Å²) in [5, 5.41) is 10.5. The van der Waals surface area contributed by atoms with Crippen LogP contribution in [0.4, 0.5) is 27.6 Å². The van der Waals surface area contributed by atoms with Crippen molar-refractivity contribution in [2.45, 2.75) is 12.8 Å². The molecular weight excluding hydrogens is 496 g/mol. The van der Waals surface area contributed by atoms with Gasteiger partial charge in [-0.1, -0.05) is 49.4 Å². The fourth-order valence-electron chi connectivity index (χ4n) is 2.80.